The summed E-state index contributed by atoms with van der Waals surface area (Å²) in [6.45, 7) is 0.119. The van der Waals surface area contributed by atoms with Gasteiger partial charge in [0, 0.05) is 10.7 Å². The Hall–Kier alpha value is -2.15. The van der Waals surface area contributed by atoms with Gasteiger partial charge < -0.3 is 15.5 Å². The molecule has 0 fully saturated rings. The zero-order valence-corrected chi connectivity index (χ0v) is 14.9. The Morgan fingerprint density at radius 2 is 1.72 bits per heavy atom. The number of hydrogen-bond donors (Lipinski definition) is 3. The van der Waals surface area contributed by atoms with E-state index in [1.807, 2.05) is 0 Å². The van der Waals surface area contributed by atoms with Gasteiger partial charge in [0.05, 0.1) is 17.8 Å². The summed E-state index contributed by atoms with van der Waals surface area (Å²) in [5.74, 6) is -1.04. The molecule has 0 saturated heterocycles. The fourth-order valence-electron chi connectivity index (χ4n) is 2.17. The third-order valence-electron chi connectivity index (χ3n) is 3.24. The number of carbonyl (C=O) groups excluding carboxylic acids is 2. The minimum absolute atomic E-state index is 0.0539. The van der Waals surface area contributed by atoms with Gasteiger partial charge in [0.1, 0.15) is 5.82 Å². The number of halogens is 3. The monoisotopic (exact) mass is 384 g/mol. The van der Waals surface area contributed by atoms with Crippen molar-refractivity contribution in [1.82, 2.24) is 0 Å². The molecule has 8 heteroatoms. The Bertz CT molecular complexity index is 786. The maximum Gasteiger partial charge on any atom is 0.279 e. The first-order chi connectivity index (χ1) is 11.8. The molecule has 0 saturated carbocycles. The van der Waals surface area contributed by atoms with Crippen LogP contribution < -0.4 is 15.5 Å². The summed E-state index contributed by atoms with van der Waals surface area (Å²) in [5.41, 5.74) is 0.822. The van der Waals surface area contributed by atoms with Gasteiger partial charge in [-0.1, -0.05) is 29.3 Å². The third-order valence-corrected chi connectivity index (χ3v) is 3.79. The van der Waals surface area contributed by atoms with E-state index in [0.717, 1.165) is 0 Å². The van der Waals surface area contributed by atoms with E-state index in [0.29, 0.717) is 26.3 Å². The minimum atomic E-state index is -0.433. The average molecular weight is 385 g/mol. The van der Waals surface area contributed by atoms with E-state index in [-0.39, 0.29) is 24.9 Å². The number of anilines is 2. The summed E-state index contributed by atoms with van der Waals surface area (Å²) in [6.07, 6.45) is 0. The van der Waals surface area contributed by atoms with Crippen LogP contribution in [0.25, 0.3) is 0 Å². The molecule has 0 aliphatic rings. The van der Waals surface area contributed by atoms with Crippen molar-refractivity contribution in [2.24, 2.45) is 0 Å². The predicted molar refractivity (Wildman–Crippen MR) is 96.7 cm³/mol. The normalized spacial score (nSPS) is 11.7. The first kappa shape index (κ1) is 19.2. The van der Waals surface area contributed by atoms with Gasteiger partial charge in [-0.05, 0) is 36.4 Å². The molecule has 0 aliphatic heterocycles. The van der Waals surface area contributed by atoms with Crippen molar-refractivity contribution in [3.63, 3.8) is 0 Å². The standard InChI is InChI=1S/C17H16Cl2FN3O2/c1-23(9-16(24)21-13-4-2-3-12(20)8-13)10-17(25)22-15-6-5-11(18)7-14(15)19/h2-8H,9-10H2,1H3,(H,21,24)(H,22,25)/p+1. The quantitative estimate of drug-likeness (QED) is 0.714. The van der Waals surface area contributed by atoms with Gasteiger partial charge in [0.15, 0.2) is 13.1 Å². The summed E-state index contributed by atoms with van der Waals surface area (Å²) >= 11 is 11.8. The lowest BCUT2D eigenvalue weighted by Gasteiger charge is -2.14. The molecule has 0 heterocycles. The van der Waals surface area contributed by atoms with Crippen LogP contribution in [0.4, 0.5) is 15.8 Å². The Morgan fingerprint density at radius 1 is 1.04 bits per heavy atom. The molecular weight excluding hydrogens is 368 g/mol. The number of likely N-dealkylation sites (N-methyl/N-ethyl adjacent to an activating group) is 1. The topological polar surface area (TPSA) is 62.6 Å². The molecule has 5 nitrogen and oxygen atoms in total. The highest BCUT2D eigenvalue weighted by Gasteiger charge is 2.15. The maximum absolute atomic E-state index is 13.1. The van der Waals surface area contributed by atoms with E-state index < -0.39 is 5.82 Å². The molecule has 2 rings (SSSR count). The lowest BCUT2D eigenvalue weighted by molar-refractivity contribution is -0.862. The highest BCUT2D eigenvalue weighted by Crippen LogP contribution is 2.25. The lowest BCUT2D eigenvalue weighted by atomic mass is 10.3. The molecule has 2 aromatic rings. The van der Waals surface area contributed by atoms with Crippen LogP contribution in [0.15, 0.2) is 42.5 Å². The Kier molecular flexibility index (Phi) is 6.75. The van der Waals surface area contributed by atoms with Crippen molar-refractivity contribution in [1.29, 1.82) is 0 Å². The highest BCUT2D eigenvalue weighted by molar-refractivity contribution is 6.36. The first-order valence-corrected chi connectivity index (χ1v) is 8.20. The number of nitrogens with one attached hydrogen (secondary N) is 3. The van der Waals surface area contributed by atoms with Gasteiger partial charge in [0.25, 0.3) is 11.8 Å². The molecular formula is C17H17Cl2FN3O2+. The van der Waals surface area contributed by atoms with Crippen LogP contribution in [0.1, 0.15) is 0 Å². The van der Waals surface area contributed by atoms with Crippen LogP contribution in [-0.2, 0) is 9.59 Å². The van der Waals surface area contributed by atoms with Gasteiger partial charge in [0.2, 0.25) is 0 Å². The van der Waals surface area contributed by atoms with E-state index in [9.17, 15) is 14.0 Å². The summed E-state index contributed by atoms with van der Waals surface area (Å²) < 4.78 is 13.1. The zero-order valence-electron chi connectivity index (χ0n) is 13.4. The van der Waals surface area contributed by atoms with Crippen molar-refractivity contribution in [3.8, 4) is 0 Å². The molecule has 0 radical (unpaired) electrons. The predicted octanol–water partition coefficient (Wildman–Crippen LogP) is 2.22. The van der Waals surface area contributed by atoms with E-state index in [4.69, 9.17) is 23.2 Å². The molecule has 0 aliphatic carbocycles. The number of rotatable bonds is 6. The number of hydrogen-bond acceptors (Lipinski definition) is 2. The molecule has 0 bridgehead atoms. The number of benzene rings is 2. The van der Waals surface area contributed by atoms with Gasteiger partial charge >= 0.3 is 0 Å². The molecule has 1 unspecified atom stereocenters. The number of amides is 2. The van der Waals surface area contributed by atoms with Crippen LogP contribution in [0.5, 0.6) is 0 Å². The summed E-state index contributed by atoms with van der Waals surface area (Å²) in [6, 6.07) is 10.4. The molecule has 0 spiro atoms. The summed E-state index contributed by atoms with van der Waals surface area (Å²) in [5, 5.41) is 6.06. The van der Waals surface area contributed by atoms with Crippen LogP contribution in [0.3, 0.4) is 0 Å². The maximum atomic E-state index is 13.1. The Labute approximate surface area is 154 Å². The molecule has 2 amide bonds. The van der Waals surface area contributed by atoms with E-state index in [1.165, 1.54) is 24.3 Å². The highest BCUT2D eigenvalue weighted by atomic mass is 35.5. The summed E-state index contributed by atoms with van der Waals surface area (Å²) in [7, 11) is 1.70. The van der Waals surface area contributed by atoms with Gasteiger partial charge in [-0.15, -0.1) is 0 Å². The van der Waals surface area contributed by atoms with Crippen molar-refractivity contribution in [2.75, 3.05) is 30.8 Å². The fourth-order valence-corrected chi connectivity index (χ4v) is 2.62. The van der Waals surface area contributed by atoms with Crippen LogP contribution in [0, 0.1) is 5.82 Å². The lowest BCUT2D eigenvalue weighted by Crippen LogP contribution is -3.11. The minimum Gasteiger partial charge on any atom is -0.322 e. The van der Waals surface area contributed by atoms with Crippen molar-refractivity contribution >= 4 is 46.4 Å². The zero-order chi connectivity index (χ0) is 18.4. The van der Waals surface area contributed by atoms with Crippen LogP contribution >= 0.6 is 23.2 Å². The molecule has 25 heavy (non-hydrogen) atoms. The van der Waals surface area contributed by atoms with Crippen LogP contribution in [-0.4, -0.2) is 32.0 Å². The smallest absolute Gasteiger partial charge is 0.279 e. The van der Waals surface area contributed by atoms with Gasteiger partial charge in [-0.25, -0.2) is 4.39 Å². The first-order valence-electron chi connectivity index (χ1n) is 7.45. The van der Waals surface area contributed by atoms with Gasteiger partial charge in [-0.3, -0.25) is 9.59 Å². The average Bonchev–Trinajstić information content (AvgIpc) is 2.49. The second-order valence-corrected chi connectivity index (χ2v) is 6.39. The van der Waals surface area contributed by atoms with Crippen molar-refractivity contribution in [2.45, 2.75) is 0 Å². The summed E-state index contributed by atoms with van der Waals surface area (Å²) in [4.78, 5) is 24.6. The molecule has 1 atom stereocenters. The Balaban J connectivity index is 1.83. The van der Waals surface area contributed by atoms with Crippen LogP contribution in [0.2, 0.25) is 10.0 Å². The molecule has 2 aromatic carbocycles. The largest absolute Gasteiger partial charge is 0.322 e. The Morgan fingerprint density at radius 3 is 2.36 bits per heavy atom. The van der Waals surface area contributed by atoms with Crippen molar-refractivity contribution < 1.29 is 18.9 Å². The molecule has 3 N–H and O–H groups in total. The number of quaternary nitrogens is 1. The SMILES string of the molecule is C[NH+](CC(=O)Nc1cccc(F)c1)CC(=O)Nc1ccc(Cl)cc1Cl. The number of carbonyl (C=O) groups is 2. The van der Waals surface area contributed by atoms with E-state index in [2.05, 4.69) is 10.6 Å². The third kappa shape index (κ3) is 6.34. The van der Waals surface area contributed by atoms with E-state index in [1.54, 1.807) is 25.2 Å². The molecule has 0 aromatic heterocycles. The van der Waals surface area contributed by atoms with E-state index >= 15 is 0 Å². The molecule has 132 valence electrons. The second kappa shape index (κ2) is 8.80. The van der Waals surface area contributed by atoms with Gasteiger partial charge in [-0.2, -0.15) is 0 Å². The fraction of sp³-hybridized carbons (Fsp3) is 0.176. The second-order valence-electron chi connectivity index (χ2n) is 5.54. The van der Waals surface area contributed by atoms with Crippen molar-refractivity contribution in [3.05, 3.63) is 58.3 Å².